The van der Waals surface area contributed by atoms with Crippen LogP contribution < -0.4 is 5.32 Å². The van der Waals surface area contributed by atoms with Gasteiger partial charge in [0.1, 0.15) is 0 Å². The number of nitrogens with zero attached hydrogens (tertiary/aromatic N) is 4. The fraction of sp³-hybridized carbons (Fsp3) is 0.900. The molecule has 1 N–H and O–H groups in total. The van der Waals surface area contributed by atoms with E-state index in [1.165, 1.54) is 18.6 Å². The molecule has 0 spiro atoms. The first-order valence-electron chi connectivity index (χ1n) is 5.91. The highest BCUT2D eigenvalue weighted by atomic mass is 32.2. The molecule has 0 amide bonds. The molecule has 5 nitrogen and oxygen atoms in total. The maximum absolute atomic E-state index is 4.15. The summed E-state index contributed by atoms with van der Waals surface area (Å²) >= 11 is 2.00. The monoisotopic (exact) mass is 241 g/mol. The van der Waals surface area contributed by atoms with Gasteiger partial charge in [0.15, 0.2) is 5.82 Å². The third-order valence-corrected chi connectivity index (χ3v) is 4.10. The molecule has 0 aromatic carbocycles. The van der Waals surface area contributed by atoms with Gasteiger partial charge in [-0.1, -0.05) is 6.92 Å². The Morgan fingerprint density at radius 2 is 2.50 bits per heavy atom. The summed E-state index contributed by atoms with van der Waals surface area (Å²) < 4.78 is 2.01. The molecule has 2 atom stereocenters. The van der Waals surface area contributed by atoms with E-state index in [4.69, 9.17) is 0 Å². The summed E-state index contributed by atoms with van der Waals surface area (Å²) in [7, 11) is 0. The number of rotatable bonds is 4. The van der Waals surface area contributed by atoms with Gasteiger partial charge in [-0.15, -0.1) is 5.10 Å². The van der Waals surface area contributed by atoms with Crippen LogP contribution in [0.2, 0.25) is 0 Å². The summed E-state index contributed by atoms with van der Waals surface area (Å²) in [4.78, 5) is 0. The number of aromatic nitrogens is 4. The Labute approximate surface area is 100 Å². The van der Waals surface area contributed by atoms with Crippen molar-refractivity contribution in [3.05, 3.63) is 5.82 Å². The number of hydrogen-bond acceptors (Lipinski definition) is 5. The normalized spacial score (nSPS) is 23.2. The topological polar surface area (TPSA) is 55.6 Å². The molecule has 1 aromatic rings. The molecular weight excluding hydrogens is 222 g/mol. The Balaban J connectivity index is 2.11. The van der Waals surface area contributed by atoms with Crippen molar-refractivity contribution in [2.24, 2.45) is 0 Å². The highest BCUT2D eigenvalue weighted by Gasteiger charge is 2.22. The van der Waals surface area contributed by atoms with Gasteiger partial charge in [0.05, 0.1) is 12.1 Å². The van der Waals surface area contributed by atoms with Crippen LogP contribution in [0.25, 0.3) is 0 Å². The summed E-state index contributed by atoms with van der Waals surface area (Å²) in [5, 5.41) is 15.5. The molecule has 1 aliphatic rings. The van der Waals surface area contributed by atoms with Gasteiger partial charge in [0.2, 0.25) is 0 Å². The number of thioether (sulfide) groups is 1. The van der Waals surface area contributed by atoms with Crippen LogP contribution in [-0.2, 0) is 0 Å². The summed E-state index contributed by atoms with van der Waals surface area (Å²) in [5.74, 6) is 3.38. The number of tetrazole rings is 1. The van der Waals surface area contributed by atoms with E-state index in [-0.39, 0.29) is 6.04 Å². The van der Waals surface area contributed by atoms with Crippen molar-refractivity contribution in [1.29, 1.82) is 0 Å². The van der Waals surface area contributed by atoms with Crippen molar-refractivity contribution in [1.82, 2.24) is 25.5 Å². The van der Waals surface area contributed by atoms with Crippen LogP contribution in [0.5, 0.6) is 0 Å². The van der Waals surface area contributed by atoms with Gasteiger partial charge in [-0.25, -0.2) is 4.68 Å². The lowest BCUT2D eigenvalue weighted by atomic mass is 10.2. The van der Waals surface area contributed by atoms with Crippen LogP contribution in [0.1, 0.15) is 44.6 Å². The molecule has 0 saturated carbocycles. The second-order valence-electron chi connectivity index (χ2n) is 4.13. The van der Waals surface area contributed by atoms with Gasteiger partial charge in [-0.05, 0) is 42.5 Å². The second-order valence-corrected chi connectivity index (χ2v) is 5.28. The van der Waals surface area contributed by atoms with Gasteiger partial charge in [-0.3, -0.25) is 0 Å². The minimum atomic E-state index is 0.229. The maximum Gasteiger partial charge on any atom is 0.168 e. The van der Waals surface area contributed by atoms with Gasteiger partial charge in [-0.2, -0.15) is 11.8 Å². The first-order valence-corrected chi connectivity index (χ1v) is 7.07. The smallest absolute Gasteiger partial charge is 0.168 e. The van der Waals surface area contributed by atoms with Gasteiger partial charge < -0.3 is 5.32 Å². The van der Waals surface area contributed by atoms with E-state index < -0.39 is 0 Å². The Bertz CT molecular complexity index is 321. The molecule has 2 heterocycles. The maximum atomic E-state index is 4.15. The Hall–Kier alpha value is -0.620. The van der Waals surface area contributed by atoms with Crippen LogP contribution in [0.15, 0.2) is 0 Å². The lowest BCUT2D eigenvalue weighted by molar-refractivity contribution is 0.407. The fourth-order valence-corrected chi connectivity index (χ4v) is 3.18. The van der Waals surface area contributed by atoms with Crippen LogP contribution in [0.4, 0.5) is 0 Å². The van der Waals surface area contributed by atoms with Gasteiger partial charge in [0, 0.05) is 5.75 Å². The van der Waals surface area contributed by atoms with Crippen LogP contribution in [0.3, 0.4) is 0 Å². The predicted molar refractivity (Wildman–Crippen MR) is 65.5 cm³/mol. The average Bonchev–Trinajstić information content (AvgIpc) is 2.79. The molecule has 16 heavy (non-hydrogen) atoms. The van der Waals surface area contributed by atoms with Crippen LogP contribution in [-0.4, -0.2) is 38.3 Å². The number of hydrogen-bond donors (Lipinski definition) is 1. The molecule has 6 heteroatoms. The van der Waals surface area contributed by atoms with E-state index in [0.717, 1.165) is 18.1 Å². The van der Waals surface area contributed by atoms with E-state index in [0.29, 0.717) is 6.04 Å². The zero-order chi connectivity index (χ0) is 11.4. The van der Waals surface area contributed by atoms with Crippen molar-refractivity contribution in [2.45, 2.75) is 38.8 Å². The van der Waals surface area contributed by atoms with Crippen molar-refractivity contribution < 1.29 is 0 Å². The molecule has 0 radical (unpaired) electrons. The standard InChI is InChI=1S/C10H19N5S/c1-3-11-8(2)10-12-13-14-15(10)9-5-4-6-16-7-9/h8-9,11H,3-7H2,1-2H3. The molecule has 90 valence electrons. The third-order valence-electron chi connectivity index (χ3n) is 2.90. The average molecular weight is 241 g/mol. The Morgan fingerprint density at radius 1 is 1.62 bits per heavy atom. The molecular formula is C10H19N5S. The van der Waals surface area contributed by atoms with Crippen molar-refractivity contribution in [3.8, 4) is 0 Å². The van der Waals surface area contributed by atoms with E-state index in [1.54, 1.807) is 0 Å². The second kappa shape index (κ2) is 5.63. The van der Waals surface area contributed by atoms with Crippen molar-refractivity contribution in [2.75, 3.05) is 18.1 Å². The molecule has 1 aromatic heterocycles. The number of nitrogens with one attached hydrogen (secondary N) is 1. The highest BCUT2D eigenvalue weighted by Crippen LogP contribution is 2.27. The summed E-state index contributed by atoms with van der Waals surface area (Å²) in [6.45, 7) is 5.15. The zero-order valence-electron chi connectivity index (χ0n) is 9.89. The summed E-state index contributed by atoms with van der Waals surface area (Å²) in [6.07, 6.45) is 2.47. The fourth-order valence-electron chi connectivity index (χ4n) is 2.06. The molecule has 1 fully saturated rings. The summed E-state index contributed by atoms with van der Waals surface area (Å²) in [6, 6.07) is 0.705. The first kappa shape index (κ1) is 11.9. The first-order chi connectivity index (χ1) is 7.83. The molecule has 1 aliphatic heterocycles. The SMILES string of the molecule is CCNC(C)c1nnnn1C1CCCSC1. The Kier molecular flexibility index (Phi) is 4.17. The Morgan fingerprint density at radius 3 is 3.19 bits per heavy atom. The minimum absolute atomic E-state index is 0.229. The van der Waals surface area contributed by atoms with E-state index in [2.05, 4.69) is 34.7 Å². The largest absolute Gasteiger partial charge is 0.308 e. The van der Waals surface area contributed by atoms with Crippen LogP contribution in [0, 0.1) is 0 Å². The van der Waals surface area contributed by atoms with E-state index >= 15 is 0 Å². The lowest BCUT2D eigenvalue weighted by Crippen LogP contribution is -2.26. The quantitative estimate of drug-likeness (QED) is 0.864. The van der Waals surface area contributed by atoms with Crippen molar-refractivity contribution >= 4 is 11.8 Å². The van der Waals surface area contributed by atoms with E-state index in [9.17, 15) is 0 Å². The molecule has 0 bridgehead atoms. The molecule has 2 unspecified atom stereocenters. The third kappa shape index (κ3) is 2.55. The van der Waals surface area contributed by atoms with Gasteiger partial charge >= 0.3 is 0 Å². The molecule has 0 aliphatic carbocycles. The summed E-state index contributed by atoms with van der Waals surface area (Å²) in [5.41, 5.74) is 0. The van der Waals surface area contributed by atoms with Crippen molar-refractivity contribution in [3.63, 3.8) is 0 Å². The zero-order valence-corrected chi connectivity index (χ0v) is 10.7. The minimum Gasteiger partial charge on any atom is -0.308 e. The predicted octanol–water partition coefficient (Wildman–Crippen LogP) is 1.41. The molecule has 2 rings (SSSR count). The van der Waals surface area contributed by atoms with Crippen LogP contribution >= 0.6 is 11.8 Å². The van der Waals surface area contributed by atoms with Gasteiger partial charge in [0.25, 0.3) is 0 Å². The van der Waals surface area contributed by atoms with E-state index in [1.807, 2.05) is 16.4 Å². The lowest BCUT2D eigenvalue weighted by Gasteiger charge is -2.23. The molecule has 1 saturated heterocycles. The highest BCUT2D eigenvalue weighted by molar-refractivity contribution is 7.99.